The fourth-order valence-corrected chi connectivity index (χ4v) is 6.03. The van der Waals surface area contributed by atoms with Gasteiger partial charge in [-0.2, -0.15) is 22.0 Å². The number of hydrogen-bond donors (Lipinski definition) is 2. The largest absolute Gasteiger partial charge is 0.489 e. The van der Waals surface area contributed by atoms with Gasteiger partial charge in [0, 0.05) is 31.1 Å². The first kappa shape index (κ1) is 35.6. The maximum Gasteiger partial charge on any atom is 0.416 e. The summed E-state index contributed by atoms with van der Waals surface area (Å²) in [4.78, 5) is 26.7. The Morgan fingerprint density at radius 3 is 2.17 bits per heavy atom. The molecule has 0 saturated carbocycles. The highest BCUT2D eigenvalue weighted by molar-refractivity contribution is 7.91. The molecule has 0 bridgehead atoms. The maximum absolute atomic E-state index is 13.2. The van der Waals surface area contributed by atoms with Crippen molar-refractivity contribution in [1.29, 1.82) is 0 Å². The summed E-state index contributed by atoms with van der Waals surface area (Å²) in [5.41, 5.74) is 0.568. The zero-order chi connectivity index (χ0) is 34.4. The zero-order valence-corrected chi connectivity index (χ0v) is 26.3. The molecule has 15 heteroatoms. The van der Waals surface area contributed by atoms with E-state index < -0.39 is 52.3 Å². The minimum Gasteiger partial charge on any atom is -0.489 e. The van der Waals surface area contributed by atoms with Crippen LogP contribution in [-0.4, -0.2) is 64.4 Å². The van der Waals surface area contributed by atoms with Crippen molar-refractivity contribution in [2.45, 2.75) is 56.1 Å². The molecule has 4 rings (SSSR count). The van der Waals surface area contributed by atoms with E-state index >= 15 is 0 Å². The molecule has 3 atom stereocenters. The van der Waals surface area contributed by atoms with Gasteiger partial charge in [0.2, 0.25) is 5.91 Å². The lowest BCUT2D eigenvalue weighted by Crippen LogP contribution is -2.37. The second kappa shape index (κ2) is 15.1. The number of anilines is 1. The Kier molecular flexibility index (Phi) is 11.4. The van der Waals surface area contributed by atoms with Gasteiger partial charge in [0.25, 0.3) is 5.91 Å². The van der Waals surface area contributed by atoms with Gasteiger partial charge in [0.05, 0.1) is 41.4 Å². The van der Waals surface area contributed by atoms with E-state index in [2.05, 4.69) is 15.4 Å². The number of amides is 2. The number of carbonyl (C=O) groups is 2. The molecule has 3 aromatic rings. The number of ether oxygens (including phenoxy) is 2. The third-order valence-corrected chi connectivity index (χ3v) is 9.37. The van der Waals surface area contributed by atoms with Gasteiger partial charge in [-0.25, -0.2) is 8.42 Å². The fourth-order valence-electron chi connectivity index (χ4n) is 5.15. The van der Waals surface area contributed by atoms with Crippen LogP contribution < -0.4 is 20.3 Å². The van der Waals surface area contributed by atoms with E-state index in [4.69, 9.17) is 4.74 Å². The molecule has 0 unspecified atom stereocenters. The summed E-state index contributed by atoms with van der Waals surface area (Å²) < 4.78 is 99.4. The highest BCUT2D eigenvalue weighted by Crippen LogP contribution is 2.33. The summed E-state index contributed by atoms with van der Waals surface area (Å²) >= 11 is 0. The number of nitrogens with zero attached hydrogens (tertiary/aromatic N) is 1. The molecule has 47 heavy (non-hydrogen) atoms. The minimum absolute atomic E-state index is 0.0406. The Hall–Kier alpha value is -4.24. The number of nitrogens with one attached hydrogen (secondary N) is 2. The van der Waals surface area contributed by atoms with Crippen molar-refractivity contribution >= 4 is 27.3 Å². The van der Waals surface area contributed by atoms with Gasteiger partial charge in [-0.3, -0.25) is 9.59 Å². The van der Waals surface area contributed by atoms with Crippen LogP contribution in [0.2, 0.25) is 0 Å². The number of alkyl halides is 5. The van der Waals surface area contributed by atoms with Gasteiger partial charge in [-0.15, -0.1) is 0 Å². The fraction of sp³-hybridized carbons (Fsp3) is 0.375. The number of sulfone groups is 1. The van der Waals surface area contributed by atoms with Gasteiger partial charge < -0.3 is 25.0 Å². The third-order valence-electron chi connectivity index (χ3n) is 7.62. The molecule has 0 radical (unpaired) electrons. The SMILES string of the molecule is CCS(=O)(=O)c1ccc([C@H](CNC(C)=O)NC(=O)c2ccc(N3C[C@@H](Oc4ccc(C(F)(F)F)cc4)C[C@H]3COC(F)F)cc2)cc1. The zero-order valence-electron chi connectivity index (χ0n) is 25.5. The first-order valence-corrected chi connectivity index (χ1v) is 16.3. The van der Waals surface area contributed by atoms with Crippen molar-refractivity contribution in [2.75, 3.05) is 30.3 Å². The van der Waals surface area contributed by atoms with E-state index in [1.54, 1.807) is 29.2 Å². The van der Waals surface area contributed by atoms with E-state index in [1.165, 1.54) is 50.2 Å². The number of rotatable bonds is 13. The highest BCUT2D eigenvalue weighted by atomic mass is 32.2. The van der Waals surface area contributed by atoms with Crippen LogP contribution in [0.15, 0.2) is 77.7 Å². The first-order valence-electron chi connectivity index (χ1n) is 14.6. The molecule has 2 N–H and O–H groups in total. The molecule has 0 aliphatic carbocycles. The van der Waals surface area contributed by atoms with Gasteiger partial charge >= 0.3 is 12.8 Å². The molecule has 1 heterocycles. The predicted molar refractivity (Wildman–Crippen MR) is 163 cm³/mol. The first-order chi connectivity index (χ1) is 22.2. The van der Waals surface area contributed by atoms with Crippen LogP contribution in [0.4, 0.5) is 27.6 Å². The summed E-state index contributed by atoms with van der Waals surface area (Å²) in [6, 6.07) is 15.3. The lowest BCUT2D eigenvalue weighted by molar-refractivity contribution is -0.137. The van der Waals surface area contributed by atoms with Crippen LogP contribution >= 0.6 is 0 Å². The summed E-state index contributed by atoms with van der Waals surface area (Å²) in [6.07, 6.45) is -4.80. The topological polar surface area (TPSA) is 114 Å². The maximum atomic E-state index is 13.2. The second-order valence-corrected chi connectivity index (χ2v) is 13.2. The Morgan fingerprint density at radius 2 is 1.62 bits per heavy atom. The highest BCUT2D eigenvalue weighted by Gasteiger charge is 2.35. The smallest absolute Gasteiger partial charge is 0.416 e. The summed E-state index contributed by atoms with van der Waals surface area (Å²) in [5.74, 6) is -0.686. The average Bonchev–Trinajstić information content (AvgIpc) is 3.44. The molecule has 1 fully saturated rings. The summed E-state index contributed by atoms with van der Waals surface area (Å²) in [5, 5.41) is 5.50. The monoisotopic (exact) mass is 683 g/mol. The number of halogens is 5. The average molecular weight is 684 g/mol. The molecule has 254 valence electrons. The Bertz CT molecular complexity index is 1620. The van der Waals surface area contributed by atoms with Crippen LogP contribution in [0, 0.1) is 0 Å². The van der Waals surface area contributed by atoms with Crippen molar-refractivity contribution in [3.63, 3.8) is 0 Å². The lowest BCUT2D eigenvalue weighted by atomic mass is 10.1. The number of carbonyl (C=O) groups excluding carboxylic acids is 2. The van der Waals surface area contributed by atoms with Crippen molar-refractivity contribution in [1.82, 2.24) is 10.6 Å². The van der Waals surface area contributed by atoms with E-state index in [0.29, 0.717) is 11.3 Å². The van der Waals surface area contributed by atoms with E-state index in [9.17, 15) is 40.0 Å². The van der Waals surface area contributed by atoms with Crippen LogP contribution in [0.25, 0.3) is 0 Å². The molecule has 9 nitrogen and oxygen atoms in total. The van der Waals surface area contributed by atoms with E-state index in [-0.39, 0.29) is 54.0 Å². The van der Waals surface area contributed by atoms with Crippen molar-refractivity contribution in [3.05, 3.63) is 89.5 Å². The van der Waals surface area contributed by atoms with Crippen LogP contribution in [0.5, 0.6) is 5.75 Å². The molecular weight excluding hydrogens is 649 g/mol. The Labute approximate surface area is 269 Å². The molecule has 0 aromatic heterocycles. The molecule has 1 aliphatic rings. The minimum atomic E-state index is -4.50. The summed E-state index contributed by atoms with van der Waals surface area (Å²) in [6.45, 7) is -0.229. The van der Waals surface area contributed by atoms with Crippen LogP contribution in [0.1, 0.15) is 47.8 Å². The summed E-state index contributed by atoms with van der Waals surface area (Å²) in [7, 11) is -3.43. The Morgan fingerprint density at radius 1 is 0.979 bits per heavy atom. The molecular formula is C32H34F5N3O6S. The van der Waals surface area contributed by atoms with Gasteiger partial charge in [0.15, 0.2) is 9.84 Å². The molecule has 0 spiro atoms. The Balaban J connectivity index is 1.47. The van der Waals surface area contributed by atoms with Gasteiger partial charge in [0.1, 0.15) is 11.9 Å². The van der Waals surface area contributed by atoms with Crippen molar-refractivity contribution in [3.8, 4) is 5.75 Å². The number of hydrogen-bond acceptors (Lipinski definition) is 7. The quantitative estimate of drug-likeness (QED) is 0.233. The van der Waals surface area contributed by atoms with Gasteiger partial charge in [-0.05, 0) is 66.2 Å². The second-order valence-electron chi connectivity index (χ2n) is 10.9. The van der Waals surface area contributed by atoms with Gasteiger partial charge in [-0.1, -0.05) is 19.1 Å². The van der Waals surface area contributed by atoms with Crippen molar-refractivity contribution in [2.24, 2.45) is 0 Å². The van der Waals surface area contributed by atoms with E-state index in [0.717, 1.165) is 12.1 Å². The predicted octanol–water partition coefficient (Wildman–Crippen LogP) is 5.37. The molecule has 3 aromatic carbocycles. The normalized spacial score (nSPS) is 17.4. The standard InChI is InChI=1S/C32H34F5N3O6S/c1-3-47(43,44)28-14-6-21(7-15-28)29(17-38-20(2)41)39-30(42)22-4-10-24(11-5-22)40-18-27(16-25(40)19-45-31(33)34)46-26-12-8-23(9-13-26)32(35,36)37/h4-15,25,27,29,31H,3,16-19H2,1-2H3,(H,38,41)(H,39,42)/t25-,27-,29-/m0/s1. The molecule has 1 aliphatic heterocycles. The molecule has 2 amide bonds. The van der Waals surface area contributed by atoms with E-state index in [1.807, 2.05) is 0 Å². The molecule has 1 saturated heterocycles. The van der Waals surface area contributed by atoms with Crippen molar-refractivity contribution < 1.29 is 49.4 Å². The van der Waals surface area contributed by atoms with Crippen LogP contribution in [0.3, 0.4) is 0 Å². The van der Waals surface area contributed by atoms with Crippen LogP contribution in [-0.2, 0) is 25.5 Å². The lowest BCUT2D eigenvalue weighted by Gasteiger charge is -2.26. The third kappa shape index (κ3) is 9.64. The number of benzene rings is 3.